The van der Waals surface area contributed by atoms with Crippen LogP contribution in [0.15, 0.2) is 36.0 Å². The third-order valence-corrected chi connectivity index (χ3v) is 3.21. The Labute approximate surface area is 117 Å². The van der Waals surface area contributed by atoms with Gasteiger partial charge in [-0.1, -0.05) is 0 Å². The van der Waals surface area contributed by atoms with Crippen LogP contribution in [0.5, 0.6) is 0 Å². The molecule has 5 heteroatoms. The first-order chi connectivity index (χ1) is 8.80. The number of thiocarbonyl (C=S) groups is 1. The van der Waals surface area contributed by atoms with Crippen LogP contribution < -0.4 is 10.2 Å². The molecule has 0 fully saturated rings. The van der Waals surface area contributed by atoms with Gasteiger partial charge in [-0.3, -0.25) is 4.90 Å². The molecule has 0 aromatic heterocycles. The van der Waals surface area contributed by atoms with Crippen molar-refractivity contribution >= 4 is 29.0 Å². The molecular weight excluding hydrogens is 260 g/mol. The van der Waals surface area contributed by atoms with Gasteiger partial charge in [0.1, 0.15) is 0 Å². The highest BCUT2D eigenvalue weighted by molar-refractivity contribution is 7.80. The topological polar surface area (TPSA) is 52.6 Å². The second-order valence-electron chi connectivity index (χ2n) is 5.12. The van der Waals surface area contributed by atoms with Gasteiger partial charge in [-0.05, 0) is 63.3 Å². The van der Waals surface area contributed by atoms with Crippen molar-refractivity contribution in [3.63, 3.8) is 0 Å². The van der Waals surface area contributed by atoms with E-state index in [0.717, 1.165) is 11.4 Å². The van der Waals surface area contributed by atoms with E-state index in [4.69, 9.17) is 17.3 Å². The maximum absolute atomic E-state index is 10.8. The largest absolute Gasteiger partial charge is 0.478 e. The Bertz CT molecular complexity index is 561. The van der Waals surface area contributed by atoms with Crippen molar-refractivity contribution in [2.24, 2.45) is 0 Å². The summed E-state index contributed by atoms with van der Waals surface area (Å²) >= 11 is 5.38. The Morgan fingerprint density at radius 2 is 1.89 bits per heavy atom. The van der Waals surface area contributed by atoms with Gasteiger partial charge in [0.25, 0.3) is 0 Å². The lowest BCUT2D eigenvalue weighted by molar-refractivity contribution is 0.0697. The van der Waals surface area contributed by atoms with E-state index in [9.17, 15) is 4.79 Å². The highest BCUT2D eigenvalue weighted by Gasteiger charge is 2.27. The first-order valence-electron chi connectivity index (χ1n) is 5.95. The fourth-order valence-corrected chi connectivity index (χ4v) is 2.70. The van der Waals surface area contributed by atoms with E-state index in [0.29, 0.717) is 5.11 Å². The van der Waals surface area contributed by atoms with Crippen LogP contribution >= 0.6 is 12.2 Å². The van der Waals surface area contributed by atoms with Crippen LogP contribution in [-0.4, -0.2) is 21.7 Å². The summed E-state index contributed by atoms with van der Waals surface area (Å²) in [6.07, 6.45) is 2.09. The molecule has 0 unspecified atom stereocenters. The molecule has 0 bridgehead atoms. The number of hydrogen-bond acceptors (Lipinski definition) is 2. The van der Waals surface area contributed by atoms with E-state index in [2.05, 4.69) is 11.4 Å². The Morgan fingerprint density at radius 1 is 1.32 bits per heavy atom. The van der Waals surface area contributed by atoms with E-state index in [1.54, 1.807) is 24.3 Å². The van der Waals surface area contributed by atoms with Crippen LogP contribution in [-0.2, 0) is 0 Å². The van der Waals surface area contributed by atoms with Crippen molar-refractivity contribution in [3.8, 4) is 0 Å². The molecule has 1 aliphatic heterocycles. The molecule has 1 aliphatic rings. The fraction of sp³-hybridized carbons (Fsp3) is 0.286. The summed E-state index contributed by atoms with van der Waals surface area (Å²) in [5, 5.41) is 12.8. The Hall–Kier alpha value is -1.88. The molecule has 0 saturated carbocycles. The lowest BCUT2D eigenvalue weighted by Crippen LogP contribution is -2.53. The standard InChI is InChI=1S/C14H16N2O2S/c1-9-8-14(2,3)15-13(19)16(9)11-6-4-10(5-7-11)12(17)18/h4-8H,1-3H3,(H,15,19)(H,17,18). The predicted molar refractivity (Wildman–Crippen MR) is 79.5 cm³/mol. The van der Waals surface area contributed by atoms with Crippen LogP contribution in [0.25, 0.3) is 0 Å². The molecule has 0 aliphatic carbocycles. The molecule has 1 aromatic rings. The summed E-state index contributed by atoms with van der Waals surface area (Å²) in [4.78, 5) is 12.7. The van der Waals surface area contributed by atoms with Crippen molar-refractivity contribution in [3.05, 3.63) is 41.6 Å². The van der Waals surface area contributed by atoms with E-state index in [1.165, 1.54) is 0 Å². The summed E-state index contributed by atoms with van der Waals surface area (Å²) in [7, 11) is 0. The van der Waals surface area contributed by atoms with Gasteiger partial charge in [-0.2, -0.15) is 0 Å². The third-order valence-electron chi connectivity index (χ3n) is 2.93. The summed E-state index contributed by atoms with van der Waals surface area (Å²) in [6, 6.07) is 6.67. The van der Waals surface area contributed by atoms with Crippen LogP contribution in [0.3, 0.4) is 0 Å². The highest BCUT2D eigenvalue weighted by Crippen LogP contribution is 2.26. The maximum Gasteiger partial charge on any atom is 0.335 e. The SMILES string of the molecule is CC1=CC(C)(C)NC(=S)N1c1ccc(C(=O)O)cc1. The van der Waals surface area contributed by atoms with Crippen molar-refractivity contribution in [2.45, 2.75) is 26.3 Å². The quantitative estimate of drug-likeness (QED) is 0.813. The van der Waals surface area contributed by atoms with Gasteiger partial charge < -0.3 is 10.4 Å². The number of carboxylic acid groups (broad SMARTS) is 1. The van der Waals surface area contributed by atoms with Gasteiger partial charge in [0, 0.05) is 11.4 Å². The summed E-state index contributed by atoms with van der Waals surface area (Å²) in [5.41, 5.74) is 1.98. The number of rotatable bonds is 2. The number of anilines is 1. The summed E-state index contributed by atoms with van der Waals surface area (Å²) in [6.45, 7) is 6.08. The number of carboxylic acids is 1. The molecule has 0 radical (unpaired) electrons. The Kier molecular flexibility index (Phi) is 3.32. The van der Waals surface area contributed by atoms with Gasteiger partial charge in [-0.15, -0.1) is 0 Å². The first kappa shape index (κ1) is 13.5. The lowest BCUT2D eigenvalue weighted by Gasteiger charge is -2.38. The van der Waals surface area contributed by atoms with Crippen molar-refractivity contribution < 1.29 is 9.90 Å². The molecule has 2 N–H and O–H groups in total. The first-order valence-corrected chi connectivity index (χ1v) is 6.36. The van der Waals surface area contributed by atoms with Gasteiger partial charge in [0.05, 0.1) is 11.1 Å². The minimum absolute atomic E-state index is 0.168. The van der Waals surface area contributed by atoms with E-state index >= 15 is 0 Å². The van der Waals surface area contributed by atoms with Gasteiger partial charge in [0.2, 0.25) is 0 Å². The molecule has 100 valence electrons. The summed E-state index contributed by atoms with van der Waals surface area (Å²) < 4.78 is 0. The highest BCUT2D eigenvalue weighted by atomic mass is 32.1. The normalized spacial score (nSPS) is 17.7. The third kappa shape index (κ3) is 2.76. The minimum atomic E-state index is -0.931. The lowest BCUT2D eigenvalue weighted by atomic mass is 10.0. The average molecular weight is 276 g/mol. The van der Waals surface area contributed by atoms with Crippen molar-refractivity contribution in [1.29, 1.82) is 0 Å². The summed E-state index contributed by atoms with van der Waals surface area (Å²) in [5.74, 6) is -0.931. The number of aromatic carboxylic acids is 1. The van der Waals surface area contributed by atoms with Gasteiger partial charge in [0.15, 0.2) is 5.11 Å². The molecule has 0 amide bonds. The van der Waals surface area contributed by atoms with Crippen LogP contribution in [0, 0.1) is 0 Å². The minimum Gasteiger partial charge on any atom is -0.478 e. The van der Waals surface area contributed by atoms with E-state index < -0.39 is 5.97 Å². The van der Waals surface area contributed by atoms with Gasteiger partial charge >= 0.3 is 5.97 Å². The molecule has 2 rings (SSSR count). The zero-order valence-electron chi connectivity index (χ0n) is 11.1. The average Bonchev–Trinajstić information content (AvgIpc) is 2.26. The zero-order valence-corrected chi connectivity index (χ0v) is 11.9. The number of hydrogen-bond donors (Lipinski definition) is 2. The van der Waals surface area contributed by atoms with E-state index in [1.807, 2.05) is 25.7 Å². The van der Waals surface area contributed by atoms with Crippen LogP contribution in [0.4, 0.5) is 5.69 Å². The molecule has 1 aromatic carbocycles. The smallest absolute Gasteiger partial charge is 0.335 e. The molecule has 0 spiro atoms. The fourth-order valence-electron chi connectivity index (χ4n) is 2.19. The number of nitrogens with zero attached hydrogens (tertiary/aromatic N) is 1. The number of allylic oxidation sites excluding steroid dienone is 1. The predicted octanol–water partition coefficient (Wildman–Crippen LogP) is 2.76. The number of carbonyl (C=O) groups is 1. The van der Waals surface area contributed by atoms with Crippen molar-refractivity contribution in [2.75, 3.05) is 4.90 Å². The molecular formula is C14H16N2O2S. The monoisotopic (exact) mass is 276 g/mol. The molecule has 19 heavy (non-hydrogen) atoms. The Morgan fingerprint density at radius 3 is 2.37 bits per heavy atom. The van der Waals surface area contributed by atoms with Crippen LogP contribution in [0.2, 0.25) is 0 Å². The maximum atomic E-state index is 10.8. The molecule has 0 atom stereocenters. The van der Waals surface area contributed by atoms with Crippen molar-refractivity contribution in [1.82, 2.24) is 5.32 Å². The van der Waals surface area contributed by atoms with E-state index in [-0.39, 0.29) is 11.1 Å². The Balaban J connectivity index is 2.36. The number of benzene rings is 1. The molecule has 4 nitrogen and oxygen atoms in total. The second kappa shape index (κ2) is 4.66. The zero-order chi connectivity index (χ0) is 14.2. The van der Waals surface area contributed by atoms with Gasteiger partial charge in [-0.25, -0.2) is 4.79 Å². The van der Waals surface area contributed by atoms with Crippen LogP contribution in [0.1, 0.15) is 31.1 Å². The second-order valence-corrected chi connectivity index (χ2v) is 5.51. The molecule has 0 saturated heterocycles. The number of nitrogens with one attached hydrogen (secondary N) is 1. The molecule has 1 heterocycles.